The lowest BCUT2D eigenvalue weighted by Crippen LogP contribution is -2.32. The summed E-state index contributed by atoms with van der Waals surface area (Å²) in [5, 5.41) is 28.6. The summed E-state index contributed by atoms with van der Waals surface area (Å²) in [6.07, 6.45) is 2.52. The van der Waals surface area contributed by atoms with Crippen molar-refractivity contribution >= 4 is 11.9 Å². The molecule has 2 aliphatic carbocycles. The molecule has 30 heavy (non-hydrogen) atoms. The van der Waals surface area contributed by atoms with E-state index in [1.165, 1.54) is 6.92 Å². The van der Waals surface area contributed by atoms with Crippen LogP contribution in [0.4, 0.5) is 0 Å². The van der Waals surface area contributed by atoms with Crippen LogP contribution in [0, 0.1) is 17.8 Å². The Morgan fingerprint density at radius 3 is 2.67 bits per heavy atom. The molecule has 1 aromatic rings. The number of aliphatic hydroxyl groups is 2. The van der Waals surface area contributed by atoms with Gasteiger partial charge in [-0.2, -0.15) is 0 Å². The third-order valence-corrected chi connectivity index (χ3v) is 6.58. The summed E-state index contributed by atoms with van der Waals surface area (Å²) >= 11 is 0. The molecule has 0 spiro atoms. The van der Waals surface area contributed by atoms with E-state index in [4.69, 9.17) is 14.6 Å². The molecule has 0 heterocycles. The van der Waals surface area contributed by atoms with Crippen molar-refractivity contribution in [2.45, 2.75) is 70.7 Å². The second-order valence-corrected chi connectivity index (χ2v) is 8.60. The van der Waals surface area contributed by atoms with Gasteiger partial charge in [0, 0.05) is 0 Å². The molecule has 1 saturated carbocycles. The number of fused-ring (bicyclic) bond motifs is 2. The van der Waals surface area contributed by atoms with Gasteiger partial charge < -0.3 is 24.8 Å². The van der Waals surface area contributed by atoms with Gasteiger partial charge in [-0.1, -0.05) is 19.1 Å². The van der Waals surface area contributed by atoms with E-state index in [2.05, 4.69) is 0 Å². The van der Waals surface area contributed by atoms with Crippen molar-refractivity contribution in [3.8, 4) is 5.75 Å². The number of carboxylic acids is 1. The summed E-state index contributed by atoms with van der Waals surface area (Å²) in [6.45, 7) is 2.97. The third kappa shape index (κ3) is 5.13. The molecule has 3 N–H and O–H groups in total. The Morgan fingerprint density at radius 1 is 1.23 bits per heavy atom. The predicted octanol–water partition coefficient (Wildman–Crippen LogP) is 2.34. The lowest BCUT2D eigenvalue weighted by molar-refractivity contribution is -0.160. The van der Waals surface area contributed by atoms with Crippen molar-refractivity contribution in [2.24, 2.45) is 17.8 Å². The van der Waals surface area contributed by atoms with Crippen molar-refractivity contribution in [3.05, 3.63) is 29.3 Å². The predicted molar refractivity (Wildman–Crippen MR) is 109 cm³/mol. The minimum Gasteiger partial charge on any atom is -0.482 e. The largest absolute Gasteiger partial charge is 0.482 e. The first kappa shape index (κ1) is 22.6. The first-order valence-corrected chi connectivity index (χ1v) is 10.8. The molecular formula is C23H32O7. The number of esters is 1. The molecule has 3 rings (SSSR count). The minimum absolute atomic E-state index is 0.121. The molecule has 1 unspecified atom stereocenters. The van der Waals surface area contributed by atoms with Crippen LogP contribution in [0.25, 0.3) is 0 Å². The highest BCUT2D eigenvalue weighted by molar-refractivity contribution is 5.74. The zero-order valence-electron chi connectivity index (χ0n) is 17.6. The topological polar surface area (TPSA) is 113 Å². The van der Waals surface area contributed by atoms with Gasteiger partial charge in [-0.05, 0) is 80.4 Å². The number of rotatable bonds is 9. The Labute approximate surface area is 177 Å². The summed E-state index contributed by atoms with van der Waals surface area (Å²) < 4.78 is 11.2. The Morgan fingerprint density at radius 2 is 2.00 bits per heavy atom. The average molecular weight is 421 g/mol. The fourth-order valence-electron chi connectivity index (χ4n) is 5.02. The maximum absolute atomic E-state index is 12.1. The summed E-state index contributed by atoms with van der Waals surface area (Å²) in [5.41, 5.74) is 2.18. The molecule has 0 bridgehead atoms. The van der Waals surface area contributed by atoms with Gasteiger partial charge in [0.2, 0.25) is 0 Å². The number of ether oxygens (including phenoxy) is 2. The van der Waals surface area contributed by atoms with Gasteiger partial charge in [0.15, 0.2) is 6.61 Å². The van der Waals surface area contributed by atoms with Gasteiger partial charge in [-0.15, -0.1) is 0 Å². The number of hydrogen-bond acceptors (Lipinski definition) is 6. The monoisotopic (exact) mass is 420 g/mol. The van der Waals surface area contributed by atoms with Gasteiger partial charge >= 0.3 is 11.9 Å². The van der Waals surface area contributed by atoms with E-state index >= 15 is 0 Å². The lowest BCUT2D eigenvalue weighted by atomic mass is 9.73. The number of hydrogen-bond donors (Lipinski definition) is 3. The average Bonchev–Trinajstić information content (AvgIpc) is 3.04. The van der Waals surface area contributed by atoms with E-state index in [0.717, 1.165) is 30.4 Å². The molecule has 2 aliphatic rings. The summed E-state index contributed by atoms with van der Waals surface area (Å²) in [5.74, 6) is -0.304. The Kier molecular flexibility index (Phi) is 7.36. The molecule has 166 valence electrons. The number of carboxylic acid groups (broad SMARTS) is 1. The Balaban J connectivity index is 1.80. The standard InChI is InChI=1S/C23H32O7/c1-3-16(25)7-8-17-18-9-14-5-4-6-20(29-12-22(26)27)19(14)10-15(18)11-21(17)30-23(28)13(2)24/h4-6,13,15-18,21,24-25H,3,7-12H2,1-2H3,(H,26,27)/t13?,15-,16-,17+,18-,21+/m0/s1. The second-order valence-electron chi connectivity index (χ2n) is 8.60. The number of aliphatic carboxylic acids is 1. The third-order valence-electron chi connectivity index (χ3n) is 6.58. The van der Waals surface area contributed by atoms with Crippen LogP contribution in [0.5, 0.6) is 5.75 Å². The van der Waals surface area contributed by atoms with Crippen LogP contribution in [0.3, 0.4) is 0 Å². The van der Waals surface area contributed by atoms with E-state index in [0.29, 0.717) is 30.9 Å². The maximum Gasteiger partial charge on any atom is 0.341 e. The van der Waals surface area contributed by atoms with Crippen LogP contribution in [0.1, 0.15) is 50.7 Å². The highest BCUT2D eigenvalue weighted by Gasteiger charge is 2.47. The van der Waals surface area contributed by atoms with Crippen LogP contribution in [0.2, 0.25) is 0 Å². The lowest BCUT2D eigenvalue weighted by Gasteiger charge is -2.32. The zero-order valence-corrected chi connectivity index (χ0v) is 17.6. The first-order chi connectivity index (χ1) is 14.3. The molecule has 0 aromatic heterocycles. The van der Waals surface area contributed by atoms with Crippen LogP contribution < -0.4 is 4.74 Å². The Hall–Kier alpha value is -2.12. The summed E-state index contributed by atoms with van der Waals surface area (Å²) in [7, 11) is 0. The van der Waals surface area contributed by atoms with Gasteiger partial charge in [0.25, 0.3) is 0 Å². The zero-order chi connectivity index (χ0) is 21.8. The van der Waals surface area contributed by atoms with Crippen LogP contribution >= 0.6 is 0 Å². The van der Waals surface area contributed by atoms with Gasteiger partial charge in [-0.3, -0.25) is 0 Å². The van der Waals surface area contributed by atoms with Crippen molar-refractivity contribution in [1.29, 1.82) is 0 Å². The molecule has 1 fully saturated rings. The van der Waals surface area contributed by atoms with E-state index < -0.39 is 18.0 Å². The van der Waals surface area contributed by atoms with Gasteiger partial charge in [0.1, 0.15) is 18.0 Å². The number of aliphatic hydroxyl groups excluding tert-OH is 2. The maximum atomic E-state index is 12.1. The summed E-state index contributed by atoms with van der Waals surface area (Å²) in [6, 6.07) is 5.73. The van der Waals surface area contributed by atoms with Crippen LogP contribution in [-0.4, -0.2) is 52.2 Å². The molecule has 7 nitrogen and oxygen atoms in total. The number of carbonyl (C=O) groups excluding carboxylic acids is 1. The van der Waals surface area contributed by atoms with Crippen LogP contribution in [0.15, 0.2) is 18.2 Å². The molecule has 6 atom stereocenters. The molecule has 0 saturated heterocycles. The molecule has 0 aliphatic heterocycles. The smallest absolute Gasteiger partial charge is 0.341 e. The molecule has 1 aromatic carbocycles. The van der Waals surface area contributed by atoms with Crippen molar-refractivity contribution in [3.63, 3.8) is 0 Å². The Bertz CT molecular complexity index is 760. The molecule has 0 amide bonds. The molecular weight excluding hydrogens is 388 g/mol. The highest BCUT2D eigenvalue weighted by atomic mass is 16.6. The minimum atomic E-state index is -1.16. The number of benzene rings is 1. The fourth-order valence-corrected chi connectivity index (χ4v) is 5.02. The van der Waals surface area contributed by atoms with Gasteiger partial charge in [-0.25, -0.2) is 9.59 Å². The van der Waals surface area contributed by atoms with E-state index in [9.17, 15) is 19.8 Å². The van der Waals surface area contributed by atoms with Crippen LogP contribution in [-0.2, 0) is 27.2 Å². The summed E-state index contributed by atoms with van der Waals surface area (Å²) in [4.78, 5) is 23.0. The van der Waals surface area contributed by atoms with Crippen molar-refractivity contribution in [1.82, 2.24) is 0 Å². The highest BCUT2D eigenvalue weighted by Crippen LogP contribution is 2.49. The fraction of sp³-hybridized carbons (Fsp3) is 0.652. The number of carbonyl (C=O) groups is 2. The van der Waals surface area contributed by atoms with Crippen molar-refractivity contribution < 1.29 is 34.4 Å². The van der Waals surface area contributed by atoms with Crippen molar-refractivity contribution in [2.75, 3.05) is 6.61 Å². The van der Waals surface area contributed by atoms with E-state index in [1.807, 2.05) is 19.1 Å². The molecule has 7 heteroatoms. The van der Waals surface area contributed by atoms with Gasteiger partial charge in [0.05, 0.1) is 6.10 Å². The quantitative estimate of drug-likeness (QED) is 0.526. The van der Waals surface area contributed by atoms with E-state index in [1.54, 1.807) is 6.07 Å². The normalized spacial score (nSPS) is 26.9. The van der Waals surface area contributed by atoms with E-state index in [-0.39, 0.29) is 30.7 Å². The first-order valence-electron chi connectivity index (χ1n) is 10.8. The molecule has 0 radical (unpaired) electrons. The second kappa shape index (κ2) is 9.79. The SMILES string of the molecule is CC[C@H](O)CC[C@@H]1[C@H]2Cc3cccc(OCC(=O)O)c3C[C@H]2C[C@H]1OC(=O)C(C)O.